The van der Waals surface area contributed by atoms with Crippen LogP contribution in [0.4, 0.5) is 5.69 Å². The van der Waals surface area contributed by atoms with E-state index in [0.29, 0.717) is 5.11 Å². The minimum Gasteiger partial charge on any atom is -0.496 e. The predicted molar refractivity (Wildman–Crippen MR) is 117 cm³/mol. The summed E-state index contributed by atoms with van der Waals surface area (Å²) in [6, 6.07) is 14.8. The summed E-state index contributed by atoms with van der Waals surface area (Å²) in [6.07, 6.45) is 2.49. The van der Waals surface area contributed by atoms with Gasteiger partial charge >= 0.3 is 0 Å². The molecular weight excluding hydrogens is 354 g/mol. The molecule has 0 aromatic heterocycles. The van der Waals surface area contributed by atoms with Crippen LogP contribution in [0.5, 0.6) is 5.75 Å². The summed E-state index contributed by atoms with van der Waals surface area (Å²) in [4.78, 5) is 2.52. The Morgan fingerprint density at radius 3 is 2.56 bits per heavy atom. The maximum Gasteiger partial charge on any atom is 0.170 e. The summed E-state index contributed by atoms with van der Waals surface area (Å²) in [5.74, 6) is 0.934. The Labute approximate surface area is 167 Å². The topological polar surface area (TPSA) is 36.5 Å². The molecule has 27 heavy (non-hydrogen) atoms. The minimum atomic E-state index is 0.239. The molecule has 0 bridgehead atoms. The van der Waals surface area contributed by atoms with Crippen LogP contribution in [-0.4, -0.2) is 36.8 Å². The number of likely N-dealkylation sites (tertiary alicyclic amines) is 1. The summed E-state index contributed by atoms with van der Waals surface area (Å²) in [5, 5.41) is 7.37. The maximum absolute atomic E-state index is 5.61. The first-order chi connectivity index (χ1) is 13.1. The molecule has 2 aromatic rings. The van der Waals surface area contributed by atoms with Crippen LogP contribution >= 0.6 is 12.2 Å². The predicted octanol–water partition coefficient (Wildman–Crippen LogP) is 4.44. The molecule has 1 heterocycles. The van der Waals surface area contributed by atoms with Gasteiger partial charge in [-0.3, -0.25) is 4.90 Å². The number of nitrogens with one attached hydrogen (secondary N) is 2. The molecule has 5 heteroatoms. The number of thiocarbonyl (C=S) groups is 1. The average Bonchev–Trinajstić information content (AvgIpc) is 3.20. The number of hydrogen-bond acceptors (Lipinski definition) is 3. The van der Waals surface area contributed by atoms with Gasteiger partial charge in [0.15, 0.2) is 5.11 Å². The number of nitrogens with zero attached hydrogens (tertiary/aromatic N) is 1. The molecule has 1 aliphatic heterocycles. The van der Waals surface area contributed by atoms with Gasteiger partial charge in [-0.1, -0.05) is 24.3 Å². The van der Waals surface area contributed by atoms with Crippen molar-refractivity contribution in [2.24, 2.45) is 0 Å². The first-order valence-corrected chi connectivity index (χ1v) is 9.98. The molecule has 2 N–H and O–H groups in total. The Hall–Kier alpha value is -2.11. The van der Waals surface area contributed by atoms with Crippen LogP contribution in [0.15, 0.2) is 42.5 Å². The normalized spacial score (nSPS) is 15.4. The van der Waals surface area contributed by atoms with Gasteiger partial charge < -0.3 is 15.4 Å². The number of hydrogen-bond donors (Lipinski definition) is 2. The SMILES string of the molecule is COc1ccccc1C(CNC(=S)Nc1ccc(C)c(C)c1)N1CCCC1. The van der Waals surface area contributed by atoms with Gasteiger partial charge in [0.1, 0.15) is 5.75 Å². The van der Waals surface area contributed by atoms with Crippen molar-refractivity contribution in [2.45, 2.75) is 32.7 Å². The molecule has 2 aromatic carbocycles. The first kappa shape index (κ1) is 19.6. The molecular formula is C22H29N3OS. The van der Waals surface area contributed by atoms with Crippen LogP contribution in [0.2, 0.25) is 0 Å². The summed E-state index contributed by atoms with van der Waals surface area (Å²) >= 11 is 5.54. The lowest BCUT2D eigenvalue weighted by atomic mass is 10.0. The molecule has 144 valence electrons. The smallest absolute Gasteiger partial charge is 0.170 e. The van der Waals surface area contributed by atoms with E-state index in [2.05, 4.69) is 59.7 Å². The Morgan fingerprint density at radius 1 is 1.11 bits per heavy atom. The first-order valence-electron chi connectivity index (χ1n) is 9.57. The third-order valence-electron chi connectivity index (χ3n) is 5.30. The van der Waals surface area contributed by atoms with Crippen molar-refractivity contribution in [3.63, 3.8) is 0 Å². The molecule has 1 unspecified atom stereocenters. The molecule has 1 aliphatic rings. The van der Waals surface area contributed by atoms with Gasteiger partial charge in [0.05, 0.1) is 13.2 Å². The van der Waals surface area contributed by atoms with Gasteiger partial charge in [-0.25, -0.2) is 0 Å². The Bertz CT molecular complexity index is 787. The number of aryl methyl sites for hydroxylation is 2. The van der Waals surface area contributed by atoms with E-state index < -0.39 is 0 Å². The lowest BCUT2D eigenvalue weighted by molar-refractivity contribution is 0.240. The van der Waals surface area contributed by atoms with Gasteiger partial charge in [0.2, 0.25) is 0 Å². The number of benzene rings is 2. The maximum atomic E-state index is 5.61. The monoisotopic (exact) mass is 383 g/mol. The van der Waals surface area contributed by atoms with Gasteiger partial charge in [-0.2, -0.15) is 0 Å². The zero-order valence-electron chi connectivity index (χ0n) is 16.4. The molecule has 0 amide bonds. The summed E-state index contributed by atoms with van der Waals surface area (Å²) < 4.78 is 5.61. The van der Waals surface area contributed by atoms with Crippen LogP contribution in [0.25, 0.3) is 0 Å². The molecule has 1 fully saturated rings. The van der Waals surface area contributed by atoms with Crippen LogP contribution in [0.3, 0.4) is 0 Å². The Kier molecular flexibility index (Phi) is 6.69. The van der Waals surface area contributed by atoms with E-state index in [0.717, 1.165) is 31.1 Å². The highest BCUT2D eigenvalue weighted by molar-refractivity contribution is 7.80. The quantitative estimate of drug-likeness (QED) is 0.722. The van der Waals surface area contributed by atoms with Crippen molar-refractivity contribution in [3.8, 4) is 5.75 Å². The van der Waals surface area contributed by atoms with Gasteiger partial charge in [0, 0.05) is 17.8 Å². The van der Waals surface area contributed by atoms with Crippen molar-refractivity contribution in [3.05, 3.63) is 59.2 Å². The summed E-state index contributed by atoms with van der Waals surface area (Å²) in [5.41, 5.74) is 4.77. The fourth-order valence-corrected chi connectivity index (χ4v) is 3.82. The van der Waals surface area contributed by atoms with Crippen LogP contribution in [-0.2, 0) is 0 Å². The fraction of sp³-hybridized carbons (Fsp3) is 0.409. The fourth-order valence-electron chi connectivity index (χ4n) is 3.61. The van der Waals surface area contributed by atoms with E-state index in [1.165, 1.54) is 29.5 Å². The lowest BCUT2D eigenvalue weighted by Crippen LogP contribution is -2.38. The van der Waals surface area contributed by atoms with Crippen molar-refractivity contribution in [1.82, 2.24) is 10.2 Å². The second-order valence-electron chi connectivity index (χ2n) is 7.13. The third-order valence-corrected chi connectivity index (χ3v) is 5.55. The van der Waals surface area contributed by atoms with E-state index >= 15 is 0 Å². The molecule has 3 rings (SSSR count). The van der Waals surface area contributed by atoms with Gasteiger partial charge in [-0.05, 0) is 81.3 Å². The highest BCUT2D eigenvalue weighted by atomic mass is 32.1. The molecule has 0 spiro atoms. The molecule has 1 saturated heterocycles. The molecule has 0 radical (unpaired) electrons. The highest BCUT2D eigenvalue weighted by Gasteiger charge is 2.25. The van der Waals surface area contributed by atoms with E-state index in [4.69, 9.17) is 17.0 Å². The number of anilines is 1. The van der Waals surface area contributed by atoms with Crippen molar-refractivity contribution >= 4 is 23.0 Å². The van der Waals surface area contributed by atoms with Gasteiger partial charge in [-0.15, -0.1) is 0 Å². The third kappa shape index (κ3) is 4.99. The lowest BCUT2D eigenvalue weighted by Gasteiger charge is -2.29. The molecule has 4 nitrogen and oxygen atoms in total. The second kappa shape index (κ2) is 9.20. The van der Waals surface area contributed by atoms with E-state index in [1.807, 2.05) is 12.1 Å². The van der Waals surface area contributed by atoms with Gasteiger partial charge in [0.25, 0.3) is 0 Å². The minimum absolute atomic E-state index is 0.239. The van der Waals surface area contributed by atoms with Crippen LogP contribution in [0, 0.1) is 13.8 Å². The molecule has 0 saturated carbocycles. The second-order valence-corrected chi connectivity index (χ2v) is 7.54. The number of rotatable bonds is 6. The number of methoxy groups -OCH3 is 1. The largest absolute Gasteiger partial charge is 0.496 e. The zero-order valence-corrected chi connectivity index (χ0v) is 17.2. The van der Waals surface area contributed by atoms with Crippen LogP contribution < -0.4 is 15.4 Å². The Balaban J connectivity index is 1.68. The molecule has 1 atom stereocenters. The van der Waals surface area contributed by atoms with Crippen molar-refractivity contribution < 1.29 is 4.74 Å². The van der Waals surface area contributed by atoms with E-state index in [-0.39, 0.29) is 6.04 Å². The number of para-hydroxylation sites is 1. The van der Waals surface area contributed by atoms with E-state index in [9.17, 15) is 0 Å². The zero-order chi connectivity index (χ0) is 19.2. The summed E-state index contributed by atoms with van der Waals surface area (Å²) in [7, 11) is 1.74. The highest BCUT2D eigenvalue weighted by Crippen LogP contribution is 2.31. The van der Waals surface area contributed by atoms with Crippen LogP contribution in [0.1, 0.15) is 35.6 Å². The van der Waals surface area contributed by atoms with Crippen molar-refractivity contribution in [1.29, 1.82) is 0 Å². The van der Waals surface area contributed by atoms with Crippen molar-refractivity contribution in [2.75, 3.05) is 32.1 Å². The standard InChI is InChI=1S/C22H29N3OS/c1-16-10-11-18(14-17(16)2)24-22(27)23-15-20(25-12-6-7-13-25)19-8-4-5-9-21(19)26-3/h4-5,8-11,14,20H,6-7,12-13,15H2,1-3H3,(H2,23,24,27). The Morgan fingerprint density at radius 2 is 1.85 bits per heavy atom. The summed E-state index contributed by atoms with van der Waals surface area (Å²) in [6.45, 7) is 7.20. The average molecular weight is 384 g/mol. The molecule has 0 aliphatic carbocycles. The number of ether oxygens (including phenoxy) is 1. The van der Waals surface area contributed by atoms with E-state index in [1.54, 1.807) is 7.11 Å².